The van der Waals surface area contributed by atoms with Gasteiger partial charge in [0.05, 0.1) is 13.2 Å². The molecule has 2 aromatic carbocycles. The van der Waals surface area contributed by atoms with Crippen LogP contribution in [0.5, 0.6) is 11.5 Å². The standard InChI is InChI=1S/C20H25NO3/c1-4-18(15-10-7-6-8-11-15)21-20(22)19(5-2)24-17-13-9-12-16(14-17)23-3/h6-14,18-19H,4-5H2,1-3H3,(H,21,22)/t18-,19+/m0/s1. The first-order valence-corrected chi connectivity index (χ1v) is 8.34. The van der Waals surface area contributed by atoms with Gasteiger partial charge in [-0.1, -0.05) is 50.2 Å². The van der Waals surface area contributed by atoms with Crippen LogP contribution in [-0.2, 0) is 4.79 Å². The summed E-state index contributed by atoms with van der Waals surface area (Å²) in [5, 5.41) is 3.09. The quantitative estimate of drug-likeness (QED) is 0.793. The lowest BCUT2D eigenvalue weighted by molar-refractivity contribution is -0.128. The van der Waals surface area contributed by atoms with E-state index in [2.05, 4.69) is 12.2 Å². The molecule has 1 amide bonds. The van der Waals surface area contributed by atoms with Crippen molar-refractivity contribution >= 4 is 5.91 Å². The molecule has 4 nitrogen and oxygen atoms in total. The molecule has 4 heteroatoms. The second-order valence-corrected chi connectivity index (χ2v) is 5.57. The van der Waals surface area contributed by atoms with Gasteiger partial charge in [-0.05, 0) is 30.5 Å². The fourth-order valence-electron chi connectivity index (χ4n) is 2.53. The molecular weight excluding hydrogens is 302 g/mol. The van der Waals surface area contributed by atoms with E-state index in [4.69, 9.17) is 9.47 Å². The maximum atomic E-state index is 12.6. The Hall–Kier alpha value is -2.49. The predicted molar refractivity (Wildman–Crippen MR) is 95.3 cm³/mol. The zero-order valence-corrected chi connectivity index (χ0v) is 14.5. The third-order valence-corrected chi connectivity index (χ3v) is 3.91. The van der Waals surface area contributed by atoms with Crippen molar-refractivity contribution in [3.05, 3.63) is 60.2 Å². The summed E-state index contributed by atoms with van der Waals surface area (Å²) in [6, 6.07) is 17.3. The summed E-state index contributed by atoms with van der Waals surface area (Å²) in [5.74, 6) is 1.23. The van der Waals surface area contributed by atoms with E-state index >= 15 is 0 Å². The van der Waals surface area contributed by atoms with Gasteiger partial charge in [0.25, 0.3) is 5.91 Å². The molecule has 0 aliphatic carbocycles. The molecule has 0 unspecified atom stereocenters. The van der Waals surface area contributed by atoms with Gasteiger partial charge in [0, 0.05) is 6.07 Å². The number of ether oxygens (including phenoxy) is 2. The molecule has 2 rings (SSSR count). The van der Waals surface area contributed by atoms with Crippen LogP contribution in [0.1, 0.15) is 38.3 Å². The largest absolute Gasteiger partial charge is 0.497 e. The van der Waals surface area contributed by atoms with Crippen molar-refractivity contribution in [2.75, 3.05) is 7.11 Å². The molecule has 0 aliphatic rings. The Labute approximate surface area is 143 Å². The van der Waals surface area contributed by atoms with E-state index in [-0.39, 0.29) is 11.9 Å². The first-order valence-electron chi connectivity index (χ1n) is 8.34. The molecule has 0 aromatic heterocycles. The SMILES string of the molecule is CC[C@H](NC(=O)[C@@H](CC)Oc1cccc(OC)c1)c1ccccc1. The second kappa shape index (κ2) is 8.96. The molecule has 0 spiro atoms. The average Bonchev–Trinajstić information content (AvgIpc) is 2.64. The highest BCUT2D eigenvalue weighted by Crippen LogP contribution is 2.21. The smallest absolute Gasteiger partial charge is 0.261 e. The monoisotopic (exact) mass is 327 g/mol. The lowest BCUT2D eigenvalue weighted by Crippen LogP contribution is -2.39. The van der Waals surface area contributed by atoms with Crippen LogP contribution in [0.4, 0.5) is 0 Å². The van der Waals surface area contributed by atoms with Gasteiger partial charge in [-0.3, -0.25) is 4.79 Å². The molecule has 0 heterocycles. The Morgan fingerprint density at radius 3 is 2.33 bits per heavy atom. The number of carbonyl (C=O) groups excluding carboxylic acids is 1. The molecule has 0 aliphatic heterocycles. The van der Waals surface area contributed by atoms with Crippen molar-refractivity contribution in [3.63, 3.8) is 0 Å². The zero-order chi connectivity index (χ0) is 17.4. The van der Waals surface area contributed by atoms with Gasteiger partial charge in [0.1, 0.15) is 11.5 Å². The summed E-state index contributed by atoms with van der Waals surface area (Å²) in [6.45, 7) is 4.00. The highest BCUT2D eigenvalue weighted by atomic mass is 16.5. The van der Waals surface area contributed by atoms with Crippen molar-refractivity contribution < 1.29 is 14.3 Å². The third-order valence-electron chi connectivity index (χ3n) is 3.91. The normalized spacial score (nSPS) is 13.0. The number of rotatable bonds is 8. The van der Waals surface area contributed by atoms with Gasteiger partial charge in [-0.15, -0.1) is 0 Å². The van der Waals surface area contributed by atoms with Crippen molar-refractivity contribution in [2.24, 2.45) is 0 Å². The predicted octanol–water partition coefficient (Wildman–Crippen LogP) is 4.12. The number of amides is 1. The summed E-state index contributed by atoms with van der Waals surface area (Å²) >= 11 is 0. The van der Waals surface area contributed by atoms with E-state index in [9.17, 15) is 4.79 Å². The summed E-state index contributed by atoms with van der Waals surface area (Å²) in [6.07, 6.45) is 0.884. The van der Waals surface area contributed by atoms with Crippen LogP contribution in [0.3, 0.4) is 0 Å². The van der Waals surface area contributed by atoms with E-state index in [0.29, 0.717) is 17.9 Å². The van der Waals surface area contributed by atoms with Crippen LogP contribution in [0.25, 0.3) is 0 Å². The van der Waals surface area contributed by atoms with E-state index in [1.54, 1.807) is 13.2 Å². The molecule has 2 aromatic rings. The number of carbonyl (C=O) groups is 1. The average molecular weight is 327 g/mol. The molecule has 0 saturated heterocycles. The fraction of sp³-hybridized carbons (Fsp3) is 0.350. The molecule has 0 radical (unpaired) electrons. The van der Waals surface area contributed by atoms with Gasteiger partial charge in [-0.2, -0.15) is 0 Å². The van der Waals surface area contributed by atoms with Crippen molar-refractivity contribution in [1.29, 1.82) is 0 Å². The first-order chi connectivity index (χ1) is 11.7. The Bertz CT molecular complexity index is 642. The van der Waals surface area contributed by atoms with Gasteiger partial charge in [-0.25, -0.2) is 0 Å². The minimum atomic E-state index is -0.533. The maximum absolute atomic E-state index is 12.6. The number of benzene rings is 2. The maximum Gasteiger partial charge on any atom is 0.261 e. The summed E-state index contributed by atoms with van der Waals surface area (Å²) in [7, 11) is 1.61. The minimum Gasteiger partial charge on any atom is -0.497 e. The molecule has 1 N–H and O–H groups in total. The lowest BCUT2D eigenvalue weighted by atomic mass is 10.0. The van der Waals surface area contributed by atoms with Gasteiger partial charge in [0.15, 0.2) is 6.10 Å². The molecule has 0 saturated carbocycles. The summed E-state index contributed by atoms with van der Waals surface area (Å²) in [5.41, 5.74) is 1.10. The van der Waals surface area contributed by atoms with E-state index in [0.717, 1.165) is 12.0 Å². The van der Waals surface area contributed by atoms with Gasteiger partial charge < -0.3 is 14.8 Å². The van der Waals surface area contributed by atoms with Crippen molar-refractivity contribution in [1.82, 2.24) is 5.32 Å². The fourth-order valence-corrected chi connectivity index (χ4v) is 2.53. The van der Waals surface area contributed by atoms with Crippen molar-refractivity contribution in [3.8, 4) is 11.5 Å². The molecule has 0 bridgehead atoms. The van der Waals surface area contributed by atoms with Crippen LogP contribution in [-0.4, -0.2) is 19.1 Å². The second-order valence-electron chi connectivity index (χ2n) is 5.57. The van der Waals surface area contributed by atoms with Crippen LogP contribution in [0, 0.1) is 0 Å². The molecule has 0 fully saturated rings. The lowest BCUT2D eigenvalue weighted by Gasteiger charge is -2.22. The highest BCUT2D eigenvalue weighted by molar-refractivity contribution is 5.81. The van der Waals surface area contributed by atoms with Gasteiger partial charge in [0.2, 0.25) is 0 Å². The van der Waals surface area contributed by atoms with Gasteiger partial charge >= 0.3 is 0 Å². The topological polar surface area (TPSA) is 47.6 Å². The minimum absolute atomic E-state index is 0.0124. The number of hydrogen-bond donors (Lipinski definition) is 1. The van der Waals surface area contributed by atoms with Crippen LogP contribution in [0.15, 0.2) is 54.6 Å². The Morgan fingerprint density at radius 2 is 1.71 bits per heavy atom. The molecule has 24 heavy (non-hydrogen) atoms. The van der Waals surface area contributed by atoms with E-state index in [1.165, 1.54) is 0 Å². The number of nitrogens with one attached hydrogen (secondary N) is 1. The Balaban J connectivity index is 2.04. The van der Waals surface area contributed by atoms with Crippen molar-refractivity contribution in [2.45, 2.75) is 38.8 Å². The highest BCUT2D eigenvalue weighted by Gasteiger charge is 2.22. The van der Waals surface area contributed by atoms with Crippen LogP contribution in [0.2, 0.25) is 0 Å². The third kappa shape index (κ3) is 4.75. The summed E-state index contributed by atoms with van der Waals surface area (Å²) < 4.78 is 11.0. The number of hydrogen-bond acceptors (Lipinski definition) is 3. The molecular formula is C20H25NO3. The van der Waals surface area contributed by atoms with E-state index in [1.807, 2.05) is 55.5 Å². The zero-order valence-electron chi connectivity index (χ0n) is 14.5. The number of methoxy groups -OCH3 is 1. The Morgan fingerprint density at radius 1 is 1.00 bits per heavy atom. The first kappa shape index (κ1) is 17.9. The summed E-state index contributed by atoms with van der Waals surface area (Å²) in [4.78, 5) is 12.6. The molecule has 128 valence electrons. The van der Waals surface area contributed by atoms with Crippen LogP contribution < -0.4 is 14.8 Å². The van der Waals surface area contributed by atoms with Crippen LogP contribution >= 0.6 is 0 Å². The van der Waals surface area contributed by atoms with E-state index < -0.39 is 6.10 Å². The Kier molecular flexibility index (Phi) is 6.67. The molecule has 2 atom stereocenters.